The van der Waals surface area contributed by atoms with Crippen LogP contribution in [-0.2, 0) is 14.4 Å². The predicted molar refractivity (Wildman–Crippen MR) is 73.9 cm³/mol. The SMILES string of the molecule is CC1CC(C(=O)O)C(C(=O)NCC(=O)NC(C)(C)C)C1. The lowest BCUT2D eigenvalue weighted by Gasteiger charge is -2.21. The van der Waals surface area contributed by atoms with Crippen molar-refractivity contribution in [1.29, 1.82) is 0 Å². The molecule has 1 saturated carbocycles. The van der Waals surface area contributed by atoms with Crippen molar-refractivity contribution in [2.75, 3.05) is 6.54 Å². The summed E-state index contributed by atoms with van der Waals surface area (Å²) in [7, 11) is 0. The molecule has 6 nitrogen and oxygen atoms in total. The molecule has 1 aliphatic rings. The molecule has 3 N–H and O–H groups in total. The average Bonchev–Trinajstić information content (AvgIpc) is 2.66. The van der Waals surface area contributed by atoms with Crippen molar-refractivity contribution in [3.8, 4) is 0 Å². The van der Waals surface area contributed by atoms with Gasteiger partial charge in [0.05, 0.1) is 18.4 Å². The molecule has 0 heterocycles. The molecule has 3 atom stereocenters. The van der Waals surface area contributed by atoms with Gasteiger partial charge >= 0.3 is 5.97 Å². The first-order chi connectivity index (χ1) is 9.10. The molecule has 1 fully saturated rings. The maximum atomic E-state index is 12.0. The Morgan fingerprint density at radius 1 is 1.15 bits per heavy atom. The molecule has 0 aromatic carbocycles. The highest BCUT2D eigenvalue weighted by atomic mass is 16.4. The van der Waals surface area contributed by atoms with Crippen molar-refractivity contribution in [2.45, 2.75) is 46.1 Å². The second kappa shape index (κ2) is 6.24. The molecule has 0 spiro atoms. The molecular weight excluding hydrogens is 260 g/mol. The number of aliphatic carboxylic acids is 1. The summed E-state index contributed by atoms with van der Waals surface area (Å²) >= 11 is 0. The number of nitrogens with one attached hydrogen (secondary N) is 2. The van der Waals surface area contributed by atoms with Crippen molar-refractivity contribution in [3.05, 3.63) is 0 Å². The topological polar surface area (TPSA) is 95.5 Å². The molecule has 0 saturated heterocycles. The lowest BCUT2D eigenvalue weighted by atomic mass is 9.95. The molecule has 0 radical (unpaired) electrons. The molecule has 0 aliphatic heterocycles. The summed E-state index contributed by atoms with van der Waals surface area (Å²) in [5.41, 5.74) is -0.354. The van der Waals surface area contributed by atoms with Gasteiger partial charge in [-0.25, -0.2) is 0 Å². The van der Waals surface area contributed by atoms with E-state index >= 15 is 0 Å². The van der Waals surface area contributed by atoms with Gasteiger partial charge in [-0.1, -0.05) is 6.92 Å². The maximum Gasteiger partial charge on any atom is 0.307 e. The second-order valence-corrected chi connectivity index (χ2v) is 6.64. The summed E-state index contributed by atoms with van der Waals surface area (Å²) in [6, 6.07) is 0. The first-order valence-corrected chi connectivity index (χ1v) is 6.91. The van der Waals surface area contributed by atoms with Crippen LogP contribution in [0.4, 0.5) is 0 Å². The first-order valence-electron chi connectivity index (χ1n) is 6.91. The van der Waals surface area contributed by atoms with Crippen molar-refractivity contribution in [2.24, 2.45) is 17.8 Å². The predicted octanol–water partition coefficient (Wildman–Crippen LogP) is 0.764. The average molecular weight is 284 g/mol. The Morgan fingerprint density at radius 2 is 1.70 bits per heavy atom. The van der Waals surface area contributed by atoms with Crippen molar-refractivity contribution >= 4 is 17.8 Å². The van der Waals surface area contributed by atoms with E-state index in [1.54, 1.807) is 0 Å². The molecule has 2 amide bonds. The van der Waals surface area contributed by atoms with Crippen LogP contribution >= 0.6 is 0 Å². The van der Waals surface area contributed by atoms with E-state index in [2.05, 4.69) is 10.6 Å². The number of amides is 2. The van der Waals surface area contributed by atoms with Crippen LogP contribution in [-0.4, -0.2) is 35.0 Å². The van der Waals surface area contributed by atoms with Gasteiger partial charge in [-0.3, -0.25) is 14.4 Å². The zero-order valence-electron chi connectivity index (χ0n) is 12.5. The number of carboxylic acid groups (broad SMARTS) is 1. The normalized spacial score (nSPS) is 26.1. The van der Waals surface area contributed by atoms with Gasteiger partial charge in [-0.05, 0) is 39.5 Å². The number of carbonyl (C=O) groups excluding carboxylic acids is 2. The van der Waals surface area contributed by atoms with Crippen molar-refractivity contribution in [3.63, 3.8) is 0 Å². The third kappa shape index (κ3) is 4.83. The Balaban J connectivity index is 2.50. The zero-order chi connectivity index (χ0) is 15.5. The summed E-state index contributed by atoms with van der Waals surface area (Å²) in [5, 5.41) is 14.4. The van der Waals surface area contributed by atoms with Crippen LogP contribution < -0.4 is 10.6 Å². The summed E-state index contributed by atoms with van der Waals surface area (Å²) in [5.74, 6) is -2.51. The highest BCUT2D eigenvalue weighted by molar-refractivity contribution is 5.89. The van der Waals surface area contributed by atoms with E-state index in [4.69, 9.17) is 5.11 Å². The Morgan fingerprint density at radius 3 is 2.20 bits per heavy atom. The van der Waals surface area contributed by atoms with E-state index in [1.165, 1.54) is 0 Å². The summed E-state index contributed by atoms with van der Waals surface area (Å²) < 4.78 is 0. The van der Waals surface area contributed by atoms with Crippen molar-refractivity contribution in [1.82, 2.24) is 10.6 Å². The third-order valence-corrected chi connectivity index (χ3v) is 3.39. The van der Waals surface area contributed by atoms with Crippen LogP contribution in [0.15, 0.2) is 0 Å². The Hall–Kier alpha value is -1.59. The van der Waals surface area contributed by atoms with Crippen LogP contribution in [0.2, 0.25) is 0 Å². The van der Waals surface area contributed by atoms with Gasteiger partial charge in [-0.15, -0.1) is 0 Å². The van der Waals surface area contributed by atoms with Crippen LogP contribution in [0, 0.1) is 17.8 Å². The van der Waals surface area contributed by atoms with Crippen LogP contribution in [0.25, 0.3) is 0 Å². The molecule has 20 heavy (non-hydrogen) atoms. The molecule has 0 aromatic rings. The van der Waals surface area contributed by atoms with Gasteiger partial charge in [0, 0.05) is 5.54 Å². The highest BCUT2D eigenvalue weighted by Gasteiger charge is 2.41. The van der Waals surface area contributed by atoms with Gasteiger partial charge < -0.3 is 15.7 Å². The number of hydrogen-bond acceptors (Lipinski definition) is 3. The van der Waals surface area contributed by atoms with E-state index in [9.17, 15) is 14.4 Å². The quantitative estimate of drug-likeness (QED) is 0.710. The molecule has 6 heteroatoms. The Labute approximate surface area is 119 Å². The minimum atomic E-state index is -0.936. The van der Waals surface area contributed by atoms with Gasteiger partial charge in [0.2, 0.25) is 11.8 Å². The lowest BCUT2D eigenvalue weighted by Crippen LogP contribution is -2.47. The van der Waals surface area contributed by atoms with E-state index in [0.29, 0.717) is 12.8 Å². The van der Waals surface area contributed by atoms with Gasteiger partial charge in [0.1, 0.15) is 0 Å². The fourth-order valence-electron chi connectivity index (χ4n) is 2.62. The number of rotatable bonds is 4. The Bertz CT molecular complexity index is 400. The molecular formula is C14H24N2O4. The molecule has 0 aromatic heterocycles. The largest absolute Gasteiger partial charge is 0.481 e. The van der Waals surface area contributed by atoms with E-state index in [0.717, 1.165) is 0 Å². The van der Waals surface area contributed by atoms with Crippen molar-refractivity contribution < 1.29 is 19.5 Å². The first kappa shape index (κ1) is 16.5. The van der Waals surface area contributed by atoms with Gasteiger partial charge in [0.25, 0.3) is 0 Å². The maximum absolute atomic E-state index is 12.0. The minimum Gasteiger partial charge on any atom is -0.481 e. The zero-order valence-corrected chi connectivity index (χ0v) is 12.5. The molecule has 1 aliphatic carbocycles. The van der Waals surface area contributed by atoms with E-state index in [-0.39, 0.29) is 29.8 Å². The molecule has 1 rings (SSSR count). The van der Waals surface area contributed by atoms with Gasteiger partial charge in [0.15, 0.2) is 0 Å². The fourth-order valence-corrected chi connectivity index (χ4v) is 2.62. The van der Waals surface area contributed by atoms with Gasteiger partial charge in [-0.2, -0.15) is 0 Å². The van der Waals surface area contributed by atoms with Crippen LogP contribution in [0.5, 0.6) is 0 Å². The third-order valence-electron chi connectivity index (χ3n) is 3.39. The summed E-state index contributed by atoms with van der Waals surface area (Å²) in [6.07, 6.45) is 1.07. The molecule has 3 unspecified atom stereocenters. The van der Waals surface area contributed by atoms with Crippen LogP contribution in [0.1, 0.15) is 40.5 Å². The molecule has 0 bridgehead atoms. The minimum absolute atomic E-state index is 0.118. The van der Waals surface area contributed by atoms with E-state index < -0.39 is 17.8 Å². The number of carboxylic acids is 1. The molecule has 114 valence electrons. The summed E-state index contributed by atoms with van der Waals surface area (Å²) in [6.45, 7) is 7.38. The van der Waals surface area contributed by atoms with Crippen LogP contribution in [0.3, 0.4) is 0 Å². The summed E-state index contributed by atoms with van der Waals surface area (Å²) in [4.78, 5) is 34.8. The smallest absolute Gasteiger partial charge is 0.307 e. The fraction of sp³-hybridized carbons (Fsp3) is 0.786. The standard InChI is InChI=1S/C14H24N2O4/c1-8-5-9(10(6-8)13(19)20)12(18)15-7-11(17)16-14(2,3)4/h8-10H,5-7H2,1-4H3,(H,15,18)(H,16,17)(H,19,20). The highest BCUT2D eigenvalue weighted by Crippen LogP contribution is 2.36. The number of carbonyl (C=O) groups is 3. The number of hydrogen-bond donors (Lipinski definition) is 3. The second-order valence-electron chi connectivity index (χ2n) is 6.64. The van der Waals surface area contributed by atoms with E-state index in [1.807, 2.05) is 27.7 Å². The Kier molecular flexibility index (Phi) is 5.14. The monoisotopic (exact) mass is 284 g/mol. The lowest BCUT2D eigenvalue weighted by molar-refractivity contribution is -0.146.